The minimum absolute atomic E-state index is 0.225. The van der Waals surface area contributed by atoms with Gasteiger partial charge < -0.3 is 9.47 Å². The van der Waals surface area contributed by atoms with Gasteiger partial charge in [-0.15, -0.1) is 0 Å². The second-order valence-electron chi connectivity index (χ2n) is 4.57. The van der Waals surface area contributed by atoms with Crippen LogP contribution in [0.25, 0.3) is 22.3 Å². The summed E-state index contributed by atoms with van der Waals surface area (Å²) in [7, 11) is 3.04. The van der Waals surface area contributed by atoms with Crippen LogP contribution in [0.1, 0.15) is 0 Å². The van der Waals surface area contributed by atoms with Gasteiger partial charge >= 0.3 is 0 Å². The van der Waals surface area contributed by atoms with E-state index in [1.807, 2.05) is 0 Å². The van der Waals surface area contributed by atoms with Crippen molar-refractivity contribution in [2.24, 2.45) is 0 Å². The Morgan fingerprint density at radius 1 is 0.955 bits per heavy atom. The van der Waals surface area contributed by atoms with E-state index in [2.05, 4.69) is 9.97 Å². The zero-order chi connectivity index (χ0) is 15.7. The van der Waals surface area contributed by atoms with Crippen molar-refractivity contribution in [2.75, 3.05) is 14.2 Å². The molecule has 0 spiro atoms. The van der Waals surface area contributed by atoms with Gasteiger partial charge in [0.05, 0.1) is 25.3 Å². The van der Waals surface area contributed by atoms with Crippen molar-refractivity contribution in [2.45, 2.75) is 0 Å². The van der Waals surface area contributed by atoms with Gasteiger partial charge in [-0.3, -0.25) is 0 Å². The summed E-state index contributed by atoms with van der Waals surface area (Å²) in [5, 5.41) is 0.896. The van der Waals surface area contributed by atoms with Crippen LogP contribution in [0, 0.1) is 5.82 Å². The predicted molar refractivity (Wildman–Crippen MR) is 83.0 cm³/mol. The van der Waals surface area contributed by atoms with Crippen LogP contribution in [0.3, 0.4) is 0 Å². The monoisotopic (exact) mass is 318 g/mol. The molecule has 0 unspecified atom stereocenters. The van der Waals surface area contributed by atoms with Gasteiger partial charge in [0.1, 0.15) is 22.5 Å². The smallest absolute Gasteiger partial charge is 0.164 e. The molecule has 4 nitrogen and oxygen atoms in total. The van der Waals surface area contributed by atoms with Gasteiger partial charge in [-0.25, -0.2) is 14.4 Å². The number of fused-ring (bicyclic) bond motifs is 1. The highest BCUT2D eigenvalue weighted by Crippen LogP contribution is 2.29. The maximum absolute atomic E-state index is 14.2. The average molecular weight is 319 g/mol. The summed E-state index contributed by atoms with van der Waals surface area (Å²) in [6.45, 7) is 0. The number of methoxy groups -OCH3 is 2. The molecule has 0 bridgehead atoms. The molecule has 1 aromatic heterocycles. The minimum atomic E-state index is -0.469. The third-order valence-electron chi connectivity index (χ3n) is 3.27. The molecule has 0 aliphatic heterocycles. The standard InChI is InChI=1S/C16H12ClFN2O2/c1-21-9-4-6-14-12(7-9)15(17)20-16(19-14)11-5-3-10(22-2)8-13(11)18/h3-8H,1-2H3. The molecule has 22 heavy (non-hydrogen) atoms. The van der Waals surface area contributed by atoms with Crippen LogP contribution in [0.4, 0.5) is 4.39 Å². The number of benzene rings is 2. The first-order valence-corrected chi connectivity index (χ1v) is 6.85. The highest BCUT2D eigenvalue weighted by molar-refractivity contribution is 6.34. The van der Waals surface area contributed by atoms with E-state index < -0.39 is 5.82 Å². The van der Waals surface area contributed by atoms with Gasteiger partial charge in [0.2, 0.25) is 0 Å². The van der Waals surface area contributed by atoms with Crippen LogP contribution in [-0.2, 0) is 0 Å². The third-order valence-corrected chi connectivity index (χ3v) is 3.56. The highest BCUT2D eigenvalue weighted by atomic mass is 35.5. The van der Waals surface area contributed by atoms with E-state index in [1.165, 1.54) is 13.2 Å². The Labute approximate surface area is 131 Å². The number of halogens is 2. The third kappa shape index (κ3) is 2.55. The topological polar surface area (TPSA) is 44.2 Å². The van der Waals surface area contributed by atoms with Gasteiger partial charge in [0.25, 0.3) is 0 Å². The molecule has 0 aliphatic carbocycles. The van der Waals surface area contributed by atoms with Crippen molar-refractivity contribution < 1.29 is 13.9 Å². The summed E-state index contributed by atoms with van der Waals surface area (Å²) in [4.78, 5) is 8.55. The van der Waals surface area contributed by atoms with Crippen LogP contribution in [-0.4, -0.2) is 24.2 Å². The molecule has 6 heteroatoms. The van der Waals surface area contributed by atoms with Crippen molar-refractivity contribution in [3.8, 4) is 22.9 Å². The Balaban J connectivity index is 2.16. The lowest BCUT2D eigenvalue weighted by Gasteiger charge is -2.08. The number of ether oxygens (including phenoxy) is 2. The fourth-order valence-electron chi connectivity index (χ4n) is 2.12. The van der Waals surface area contributed by atoms with Crippen LogP contribution < -0.4 is 9.47 Å². The van der Waals surface area contributed by atoms with Gasteiger partial charge in [-0.2, -0.15) is 0 Å². The van der Waals surface area contributed by atoms with Crippen LogP contribution in [0.15, 0.2) is 36.4 Å². The van der Waals surface area contributed by atoms with Crippen molar-refractivity contribution in [3.63, 3.8) is 0 Å². The molecular formula is C16H12ClFN2O2. The molecule has 112 valence electrons. The first-order chi connectivity index (χ1) is 10.6. The molecule has 3 aromatic rings. The molecule has 0 amide bonds. The maximum Gasteiger partial charge on any atom is 0.164 e. The minimum Gasteiger partial charge on any atom is -0.497 e. The summed E-state index contributed by atoms with van der Waals surface area (Å²) in [6, 6.07) is 9.76. The lowest BCUT2D eigenvalue weighted by atomic mass is 10.1. The van der Waals surface area contributed by atoms with Crippen molar-refractivity contribution >= 4 is 22.5 Å². The summed E-state index contributed by atoms with van der Waals surface area (Å²) < 4.78 is 24.3. The van der Waals surface area contributed by atoms with E-state index in [4.69, 9.17) is 21.1 Å². The second kappa shape index (κ2) is 5.77. The van der Waals surface area contributed by atoms with Gasteiger partial charge in [0.15, 0.2) is 5.82 Å². The van der Waals surface area contributed by atoms with Crippen molar-refractivity contribution in [1.29, 1.82) is 0 Å². The molecule has 2 aromatic carbocycles. The largest absolute Gasteiger partial charge is 0.497 e. The molecule has 3 rings (SSSR count). The summed E-state index contributed by atoms with van der Waals surface area (Å²) in [5.74, 6) is 0.838. The van der Waals surface area contributed by atoms with E-state index in [9.17, 15) is 4.39 Å². The Hall–Kier alpha value is -2.40. The number of hydrogen-bond donors (Lipinski definition) is 0. The molecule has 0 atom stereocenters. The molecule has 0 saturated carbocycles. The van der Waals surface area contributed by atoms with Crippen LogP contribution >= 0.6 is 11.6 Å². The van der Waals surface area contributed by atoms with Crippen LogP contribution in [0.5, 0.6) is 11.5 Å². The zero-order valence-electron chi connectivity index (χ0n) is 11.9. The average Bonchev–Trinajstić information content (AvgIpc) is 2.54. The Bertz CT molecular complexity index is 855. The quantitative estimate of drug-likeness (QED) is 0.682. The number of rotatable bonds is 3. The molecule has 0 N–H and O–H groups in total. The lowest BCUT2D eigenvalue weighted by Crippen LogP contribution is -1.95. The van der Waals surface area contributed by atoms with E-state index in [0.717, 1.165) is 0 Å². The first kappa shape index (κ1) is 14.5. The van der Waals surface area contributed by atoms with E-state index in [1.54, 1.807) is 37.4 Å². The number of hydrogen-bond acceptors (Lipinski definition) is 4. The van der Waals surface area contributed by atoms with Crippen molar-refractivity contribution in [3.05, 3.63) is 47.4 Å². The lowest BCUT2D eigenvalue weighted by molar-refractivity contribution is 0.411. The van der Waals surface area contributed by atoms with Gasteiger partial charge in [0, 0.05) is 11.5 Å². The molecule has 0 aliphatic rings. The normalized spacial score (nSPS) is 10.7. The Kier molecular flexibility index (Phi) is 3.81. The second-order valence-corrected chi connectivity index (χ2v) is 4.92. The SMILES string of the molecule is COc1ccc(-c2nc(Cl)c3cc(OC)ccc3n2)c(F)c1. The number of aromatic nitrogens is 2. The van der Waals surface area contributed by atoms with E-state index >= 15 is 0 Å². The first-order valence-electron chi connectivity index (χ1n) is 6.47. The highest BCUT2D eigenvalue weighted by Gasteiger charge is 2.13. The molecular weight excluding hydrogens is 307 g/mol. The molecule has 0 fully saturated rings. The Morgan fingerprint density at radius 3 is 2.32 bits per heavy atom. The number of nitrogens with zero attached hydrogens (tertiary/aromatic N) is 2. The van der Waals surface area contributed by atoms with Gasteiger partial charge in [-0.05, 0) is 30.3 Å². The molecule has 1 heterocycles. The summed E-state index contributed by atoms with van der Waals surface area (Å²) >= 11 is 6.20. The zero-order valence-corrected chi connectivity index (χ0v) is 12.7. The summed E-state index contributed by atoms with van der Waals surface area (Å²) in [6.07, 6.45) is 0. The van der Waals surface area contributed by atoms with E-state index in [-0.39, 0.29) is 16.5 Å². The Morgan fingerprint density at radius 2 is 1.64 bits per heavy atom. The fourth-order valence-corrected chi connectivity index (χ4v) is 2.35. The van der Waals surface area contributed by atoms with Gasteiger partial charge in [-0.1, -0.05) is 11.6 Å². The van der Waals surface area contributed by atoms with Crippen LogP contribution in [0.2, 0.25) is 5.15 Å². The fraction of sp³-hybridized carbons (Fsp3) is 0.125. The van der Waals surface area contributed by atoms with E-state index in [0.29, 0.717) is 22.4 Å². The predicted octanol–water partition coefficient (Wildman–Crippen LogP) is 4.11. The molecule has 0 radical (unpaired) electrons. The summed E-state index contributed by atoms with van der Waals surface area (Å²) in [5.41, 5.74) is 0.881. The maximum atomic E-state index is 14.2. The molecule has 0 saturated heterocycles. The van der Waals surface area contributed by atoms with Crippen molar-refractivity contribution in [1.82, 2.24) is 9.97 Å².